The van der Waals surface area contributed by atoms with Crippen molar-refractivity contribution in [3.8, 4) is 0 Å². The average molecular weight is 263 g/mol. The molecule has 0 aliphatic rings. The molecule has 5 nitrogen and oxygen atoms in total. The number of aromatic nitrogens is 1. The summed E-state index contributed by atoms with van der Waals surface area (Å²) in [4.78, 5) is 4.31. The molecule has 0 aliphatic carbocycles. The molecule has 1 heterocycles. The van der Waals surface area contributed by atoms with Crippen molar-refractivity contribution >= 4 is 21.4 Å². The third kappa shape index (κ3) is 6.16. The molecule has 0 atom stereocenters. The van der Waals surface area contributed by atoms with E-state index < -0.39 is 10.0 Å². The zero-order valence-corrected chi connectivity index (χ0v) is 11.1. The minimum atomic E-state index is -3.05. The van der Waals surface area contributed by atoms with Crippen molar-refractivity contribution in [3.63, 3.8) is 0 Å². The maximum absolute atomic E-state index is 10.7. The number of aryl methyl sites for hydroxylation is 1. The van der Waals surface area contributed by atoms with Gasteiger partial charge in [0, 0.05) is 24.2 Å². The number of thiazole rings is 1. The first kappa shape index (κ1) is 13.6. The lowest BCUT2D eigenvalue weighted by Gasteiger charge is -2.03. The SMILES string of the molecule is Cc1csc(CNCCCNS(C)(=O)=O)n1. The van der Waals surface area contributed by atoms with E-state index in [1.54, 1.807) is 11.3 Å². The highest BCUT2D eigenvalue weighted by Crippen LogP contribution is 2.07. The highest BCUT2D eigenvalue weighted by Gasteiger charge is 1.99. The predicted molar refractivity (Wildman–Crippen MR) is 66.0 cm³/mol. The maximum atomic E-state index is 10.7. The first-order valence-corrected chi connectivity index (χ1v) is 7.81. The van der Waals surface area contributed by atoms with E-state index in [2.05, 4.69) is 15.0 Å². The molecule has 0 bridgehead atoms. The molecular weight excluding hydrogens is 246 g/mol. The fourth-order valence-corrected chi connectivity index (χ4v) is 2.41. The molecule has 1 aromatic heterocycles. The largest absolute Gasteiger partial charge is 0.310 e. The Kier molecular flexibility index (Phi) is 5.33. The Labute approximate surface area is 100 Å². The molecule has 0 unspecified atom stereocenters. The molecule has 0 spiro atoms. The molecule has 0 saturated heterocycles. The van der Waals surface area contributed by atoms with E-state index in [4.69, 9.17) is 0 Å². The van der Waals surface area contributed by atoms with Gasteiger partial charge in [-0.05, 0) is 19.9 Å². The molecule has 16 heavy (non-hydrogen) atoms. The number of rotatable bonds is 7. The molecular formula is C9H17N3O2S2. The van der Waals surface area contributed by atoms with Crippen LogP contribution in [0.5, 0.6) is 0 Å². The predicted octanol–water partition coefficient (Wildman–Crippen LogP) is 0.480. The maximum Gasteiger partial charge on any atom is 0.208 e. The molecule has 1 rings (SSSR count). The lowest BCUT2D eigenvalue weighted by atomic mass is 10.4. The normalized spacial score (nSPS) is 11.9. The zero-order valence-electron chi connectivity index (χ0n) is 9.49. The minimum Gasteiger partial charge on any atom is -0.310 e. The van der Waals surface area contributed by atoms with E-state index in [0.29, 0.717) is 6.54 Å². The van der Waals surface area contributed by atoms with Gasteiger partial charge in [-0.1, -0.05) is 0 Å². The Bertz CT molecular complexity index is 414. The van der Waals surface area contributed by atoms with Crippen LogP contribution >= 0.6 is 11.3 Å². The molecule has 0 aromatic carbocycles. The first-order valence-electron chi connectivity index (χ1n) is 5.04. The Morgan fingerprint density at radius 1 is 1.44 bits per heavy atom. The van der Waals surface area contributed by atoms with E-state index in [1.807, 2.05) is 12.3 Å². The summed E-state index contributed by atoms with van der Waals surface area (Å²) in [7, 11) is -3.05. The number of hydrogen-bond donors (Lipinski definition) is 2. The average Bonchev–Trinajstić information content (AvgIpc) is 2.56. The van der Waals surface area contributed by atoms with Crippen LogP contribution in [0.4, 0.5) is 0 Å². The van der Waals surface area contributed by atoms with Gasteiger partial charge < -0.3 is 5.32 Å². The fraction of sp³-hybridized carbons (Fsp3) is 0.667. The number of nitrogens with zero attached hydrogens (tertiary/aromatic N) is 1. The van der Waals surface area contributed by atoms with Crippen LogP contribution < -0.4 is 10.0 Å². The number of hydrogen-bond acceptors (Lipinski definition) is 5. The fourth-order valence-electron chi connectivity index (χ4n) is 1.15. The first-order chi connectivity index (χ1) is 7.47. The molecule has 2 N–H and O–H groups in total. The van der Waals surface area contributed by atoms with Crippen molar-refractivity contribution in [2.75, 3.05) is 19.3 Å². The topological polar surface area (TPSA) is 71.1 Å². The third-order valence-corrected chi connectivity index (χ3v) is 3.53. The van der Waals surface area contributed by atoms with E-state index in [0.717, 1.165) is 30.2 Å². The summed E-state index contributed by atoms with van der Waals surface area (Å²) >= 11 is 1.63. The van der Waals surface area contributed by atoms with Crippen LogP contribution in [0.2, 0.25) is 0 Å². The second-order valence-corrected chi connectivity index (χ2v) is 6.36. The van der Waals surface area contributed by atoms with Gasteiger partial charge in [0.25, 0.3) is 0 Å². The quantitative estimate of drug-likeness (QED) is 0.702. The van der Waals surface area contributed by atoms with Gasteiger partial charge in [-0.25, -0.2) is 18.1 Å². The van der Waals surface area contributed by atoms with E-state index in [9.17, 15) is 8.42 Å². The summed E-state index contributed by atoms with van der Waals surface area (Å²) in [6, 6.07) is 0. The van der Waals surface area contributed by atoms with Crippen molar-refractivity contribution in [2.45, 2.75) is 19.9 Å². The van der Waals surface area contributed by atoms with Crippen LogP contribution in [0.25, 0.3) is 0 Å². The summed E-state index contributed by atoms with van der Waals surface area (Å²) in [6.45, 7) is 3.97. The second-order valence-electron chi connectivity index (χ2n) is 3.58. The number of nitrogens with one attached hydrogen (secondary N) is 2. The lowest BCUT2D eigenvalue weighted by Crippen LogP contribution is -2.26. The standard InChI is InChI=1S/C9H17N3O2S2/c1-8-7-15-9(12-8)6-10-4-3-5-11-16(2,13)14/h7,10-11H,3-6H2,1-2H3. The van der Waals surface area contributed by atoms with E-state index in [1.165, 1.54) is 6.26 Å². The summed E-state index contributed by atoms with van der Waals surface area (Å²) in [6.07, 6.45) is 1.94. The van der Waals surface area contributed by atoms with Crippen LogP contribution in [-0.4, -0.2) is 32.7 Å². The van der Waals surface area contributed by atoms with Crippen LogP contribution in [0.15, 0.2) is 5.38 Å². The molecule has 92 valence electrons. The molecule has 0 fully saturated rings. The molecule has 7 heteroatoms. The van der Waals surface area contributed by atoms with Gasteiger partial charge in [-0.15, -0.1) is 11.3 Å². The summed E-state index contributed by atoms with van der Waals surface area (Å²) in [5, 5.41) is 6.29. The van der Waals surface area contributed by atoms with Crippen molar-refractivity contribution in [1.82, 2.24) is 15.0 Å². The molecule has 0 radical (unpaired) electrons. The van der Waals surface area contributed by atoms with Gasteiger partial charge in [-0.3, -0.25) is 0 Å². The van der Waals surface area contributed by atoms with Gasteiger partial charge in [0.2, 0.25) is 10.0 Å². The highest BCUT2D eigenvalue weighted by molar-refractivity contribution is 7.88. The van der Waals surface area contributed by atoms with Gasteiger partial charge in [-0.2, -0.15) is 0 Å². The lowest BCUT2D eigenvalue weighted by molar-refractivity contribution is 0.579. The molecule has 0 saturated carbocycles. The summed E-state index contributed by atoms with van der Waals surface area (Å²) in [5.74, 6) is 0. The molecule has 0 amide bonds. The monoisotopic (exact) mass is 263 g/mol. The molecule has 0 aliphatic heterocycles. The van der Waals surface area contributed by atoms with Crippen LogP contribution in [0, 0.1) is 6.92 Å². The van der Waals surface area contributed by atoms with Gasteiger partial charge in [0.1, 0.15) is 5.01 Å². The van der Waals surface area contributed by atoms with E-state index in [-0.39, 0.29) is 0 Å². The Morgan fingerprint density at radius 2 is 2.19 bits per heavy atom. The van der Waals surface area contributed by atoms with E-state index >= 15 is 0 Å². The minimum absolute atomic E-state index is 0.475. The number of sulfonamides is 1. The van der Waals surface area contributed by atoms with Crippen molar-refractivity contribution in [2.24, 2.45) is 0 Å². The second kappa shape index (κ2) is 6.29. The smallest absolute Gasteiger partial charge is 0.208 e. The zero-order chi connectivity index (χ0) is 12.0. The summed E-state index contributed by atoms with van der Waals surface area (Å²) in [5.41, 5.74) is 1.04. The van der Waals surface area contributed by atoms with Gasteiger partial charge in [0.05, 0.1) is 6.26 Å². The van der Waals surface area contributed by atoms with Crippen molar-refractivity contribution in [1.29, 1.82) is 0 Å². The molecule has 1 aromatic rings. The Balaban J connectivity index is 2.04. The van der Waals surface area contributed by atoms with Crippen LogP contribution in [0.1, 0.15) is 17.1 Å². The highest BCUT2D eigenvalue weighted by atomic mass is 32.2. The third-order valence-electron chi connectivity index (χ3n) is 1.84. The van der Waals surface area contributed by atoms with Crippen LogP contribution in [-0.2, 0) is 16.6 Å². The van der Waals surface area contributed by atoms with Crippen LogP contribution in [0.3, 0.4) is 0 Å². The Hall–Kier alpha value is -0.500. The van der Waals surface area contributed by atoms with Crippen molar-refractivity contribution < 1.29 is 8.42 Å². The van der Waals surface area contributed by atoms with Gasteiger partial charge in [0.15, 0.2) is 0 Å². The van der Waals surface area contributed by atoms with Gasteiger partial charge >= 0.3 is 0 Å². The Morgan fingerprint density at radius 3 is 2.75 bits per heavy atom. The summed E-state index contributed by atoms with van der Waals surface area (Å²) < 4.78 is 23.9. The van der Waals surface area contributed by atoms with Crippen molar-refractivity contribution in [3.05, 3.63) is 16.1 Å².